The molecule has 1 saturated carbocycles. The predicted octanol–water partition coefficient (Wildman–Crippen LogP) is 5.11. The lowest BCUT2D eigenvalue weighted by Crippen LogP contribution is -2.58. The van der Waals surface area contributed by atoms with E-state index in [9.17, 15) is 0 Å². The molecule has 1 aliphatic carbocycles. The zero-order valence-electron chi connectivity index (χ0n) is 15.0. The maximum Gasteiger partial charge on any atom is 0.0354 e. The molecule has 1 atom stereocenters. The molecule has 0 bridgehead atoms. The van der Waals surface area contributed by atoms with Crippen molar-refractivity contribution in [2.75, 3.05) is 14.1 Å². The average molecular weight is 297 g/mol. The molecule has 1 aliphatic rings. The van der Waals surface area contributed by atoms with Gasteiger partial charge in [0.15, 0.2) is 0 Å². The number of rotatable bonds is 11. The molecule has 1 unspecified atom stereocenters. The van der Waals surface area contributed by atoms with Crippen LogP contribution in [-0.4, -0.2) is 30.6 Å². The van der Waals surface area contributed by atoms with Crippen molar-refractivity contribution in [3.8, 4) is 0 Å². The summed E-state index contributed by atoms with van der Waals surface area (Å²) in [5, 5.41) is 0. The van der Waals surface area contributed by atoms with Gasteiger partial charge in [-0.15, -0.1) is 0 Å². The van der Waals surface area contributed by atoms with Crippen LogP contribution in [0.25, 0.3) is 0 Å². The second-order valence-electron chi connectivity index (χ2n) is 7.43. The average Bonchev–Trinajstić information content (AvgIpc) is 2.50. The van der Waals surface area contributed by atoms with Gasteiger partial charge in [0.1, 0.15) is 0 Å². The molecule has 21 heavy (non-hydrogen) atoms. The van der Waals surface area contributed by atoms with Gasteiger partial charge in [0.05, 0.1) is 0 Å². The third-order valence-electron chi connectivity index (χ3n) is 5.67. The number of likely N-dealkylation sites (N-methyl/N-ethyl adjacent to an activating group) is 1. The Hall–Kier alpha value is -0.0800. The van der Waals surface area contributed by atoms with Gasteiger partial charge >= 0.3 is 0 Å². The van der Waals surface area contributed by atoms with E-state index < -0.39 is 0 Å². The Kier molecular flexibility index (Phi) is 9.59. The first-order valence-electron chi connectivity index (χ1n) is 9.56. The molecule has 1 rings (SSSR count). The highest BCUT2D eigenvalue weighted by Gasteiger charge is 2.39. The van der Waals surface area contributed by atoms with Crippen LogP contribution in [0.4, 0.5) is 0 Å². The van der Waals surface area contributed by atoms with Crippen LogP contribution in [-0.2, 0) is 0 Å². The maximum absolute atomic E-state index is 6.62. The molecule has 0 aromatic carbocycles. The summed E-state index contributed by atoms with van der Waals surface area (Å²) in [6.07, 6.45) is 19.1. The van der Waals surface area contributed by atoms with Crippen molar-refractivity contribution in [3.63, 3.8) is 0 Å². The highest BCUT2D eigenvalue weighted by Crippen LogP contribution is 2.35. The van der Waals surface area contributed by atoms with E-state index in [-0.39, 0.29) is 0 Å². The largest absolute Gasteiger partial charge is 0.326 e. The third kappa shape index (κ3) is 6.28. The van der Waals surface area contributed by atoms with Gasteiger partial charge in [-0.3, -0.25) is 0 Å². The highest BCUT2D eigenvalue weighted by atomic mass is 15.2. The van der Waals surface area contributed by atoms with Crippen LogP contribution in [0.3, 0.4) is 0 Å². The number of nitrogens with two attached hydrogens (primary N) is 1. The Morgan fingerprint density at radius 1 is 0.857 bits per heavy atom. The van der Waals surface area contributed by atoms with Gasteiger partial charge in [0.2, 0.25) is 0 Å². The summed E-state index contributed by atoms with van der Waals surface area (Å²) in [4.78, 5) is 2.43. The zero-order valence-corrected chi connectivity index (χ0v) is 15.0. The van der Waals surface area contributed by atoms with Gasteiger partial charge in [0.25, 0.3) is 0 Å². The molecule has 2 nitrogen and oxygen atoms in total. The molecule has 0 aromatic rings. The number of hydrogen-bond donors (Lipinski definition) is 1. The summed E-state index contributed by atoms with van der Waals surface area (Å²) in [6.45, 7) is 2.28. The number of hydrogen-bond acceptors (Lipinski definition) is 2. The summed E-state index contributed by atoms with van der Waals surface area (Å²) in [6, 6.07) is 0.368. The summed E-state index contributed by atoms with van der Waals surface area (Å²) < 4.78 is 0. The zero-order chi connectivity index (χ0) is 15.6. The van der Waals surface area contributed by atoms with E-state index in [0.29, 0.717) is 11.6 Å². The number of nitrogens with zero attached hydrogens (tertiary/aromatic N) is 1. The van der Waals surface area contributed by atoms with E-state index in [1.165, 1.54) is 89.9 Å². The summed E-state index contributed by atoms with van der Waals surface area (Å²) in [5.41, 5.74) is 6.91. The molecule has 0 spiro atoms. The SMILES string of the molecule is CCCCCCCCCCC(N)C1(N(C)C)CCCCC1. The minimum Gasteiger partial charge on any atom is -0.326 e. The van der Waals surface area contributed by atoms with Crippen LogP contribution in [0.1, 0.15) is 96.8 Å². The predicted molar refractivity (Wildman–Crippen MR) is 94.7 cm³/mol. The van der Waals surface area contributed by atoms with Crippen molar-refractivity contribution in [3.05, 3.63) is 0 Å². The van der Waals surface area contributed by atoms with Crippen LogP contribution in [0.15, 0.2) is 0 Å². The maximum atomic E-state index is 6.62. The smallest absolute Gasteiger partial charge is 0.0354 e. The lowest BCUT2D eigenvalue weighted by molar-refractivity contribution is 0.0674. The molecule has 0 radical (unpaired) electrons. The fourth-order valence-corrected chi connectivity index (χ4v) is 4.08. The third-order valence-corrected chi connectivity index (χ3v) is 5.67. The molecule has 0 aliphatic heterocycles. The molecular weight excluding hydrogens is 256 g/mol. The van der Waals surface area contributed by atoms with Crippen molar-refractivity contribution in [1.82, 2.24) is 4.90 Å². The topological polar surface area (TPSA) is 29.3 Å². The summed E-state index contributed by atoms with van der Waals surface area (Å²) >= 11 is 0. The molecule has 2 N–H and O–H groups in total. The molecule has 0 amide bonds. The lowest BCUT2D eigenvalue weighted by Gasteiger charge is -2.47. The quantitative estimate of drug-likeness (QED) is 0.537. The van der Waals surface area contributed by atoms with Crippen molar-refractivity contribution in [1.29, 1.82) is 0 Å². The van der Waals surface area contributed by atoms with E-state index in [4.69, 9.17) is 5.73 Å². The molecule has 0 saturated heterocycles. The minimum atomic E-state index is 0.291. The van der Waals surface area contributed by atoms with Gasteiger partial charge in [-0.05, 0) is 33.4 Å². The highest BCUT2D eigenvalue weighted by molar-refractivity contribution is 4.98. The van der Waals surface area contributed by atoms with Crippen LogP contribution >= 0.6 is 0 Å². The van der Waals surface area contributed by atoms with E-state index in [1.54, 1.807) is 0 Å². The monoisotopic (exact) mass is 296 g/mol. The Morgan fingerprint density at radius 2 is 1.38 bits per heavy atom. The van der Waals surface area contributed by atoms with Gasteiger partial charge in [-0.1, -0.05) is 77.6 Å². The van der Waals surface area contributed by atoms with E-state index in [1.807, 2.05) is 0 Å². The first-order chi connectivity index (χ1) is 10.1. The standard InChI is InChI=1S/C19H40N2/c1-4-5-6-7-8-9-10-12-15-18(20)19(21(2)3)16-13-11-14-17-19/h18H,4-17,20H2,1-3H3. The molecule has 1 fully saturated rings. The minimum absolute atomic E-state index is 0.291. The van der Waals surface area contributed by atoms with Gasteiger partial charge in [0, 0.05) is 11.6 Å². The van der Waals surface area contributed by atoms with Gasteiger partial charge < -0.3 is 10.6 Å². The second-order valence-corrected chi connectivity index (χ2v) is 7.43. The van der Waals surface area contributed by atoms with Gasteiger partial charge in [-0.25, -0.2) is 0 Å². The van der Waals surface area contributed by atoms with Crippen molar-refractivity contribution < 1.29 is 0 Å². The Morgan fingerprint density at radius 3 is 1.90 bits per heavy atom. The molecule has 2 heteroatoms. The van der Waals surface area contributed by atoms with Gasteiger partial charge in [-0.2, -0.15) is 0 Å². The van der Waals surface area contributed by atoms with E-state index in [2.05, 4.69) is 25.9 Å². The van der Waals surface area contributed by atoms with E-state index in [0.717, 1.165) is 0 Å². The fourth-order valence-electron chi connectivity index (χ4n) is 4.08. The Labute approximate surface area is 133 Å². The van der Waals surface area contributed by atoms with Crippen LogP contribution < -0.4 is 5.73 Å². The van der Waals surface area contributed by atoms with E-state index >= 15 is 0 Å². The van der Waals surface area contributed by atoms with Crippen molar-refractivity contribution in [2.24, 2.45) is 5.73 Å². The van der Waals surface area contributed by atoms with Crippen LogP contribution in [0.2, 0.25) is 0 Å². The van der Waals surface area contributed by atoms with Crippen molar-refractivity contribution >= 4 is 0 Å². The lowest BCUT2D eigenvalue weighted by atomic mass is 9.74. The van der Waals surface area contributed by atoms with Crippen LogP contribution in [0, 0.1) is 0 Å². The van der Waals surface area contributed by atoms with Crippen molar-refractivity contribution in [2.45, 2.75) is 108 Å². The van der Waals surface area contributed by atoms with Crippen LogP contribution in [0.5, 0.6) is 0 Å². The summed E-state index contributed by atoms with van der Waals surface area (Å²) in [5.74, 6) is 0. The molecule has 0 aromatic heterocycles. The Bertz CT molecular complexity index is 244. The normalized spacial score (nSPS) is 19.9. The molecule has 126 valence electrons. The molecule has 0 heterocycles. The molecular formula is C19H40N2. The number of unbranched alkanes of at least 4 members (excludes halogenated alkanes) is 7. The summed E-state index contributed by atoms with van der Waals surface area (Å²) in [7, 11) is 4.47. The first kappa shape index (κ1) is 19.0. The second kappa shape index (κ2) is 10.6. The fraction of sp³-hybridized carbons (Fsp3) is 1.00. The first-order valence-corrected chi connectivity index (χ1v) is 9.56. The Balaban J connectivity index is 2.17.